The van der Waals surface area contributed by atoms with Crippen LogP contribution in [0.1, 0.15) is 44.9 Å². The smallest absolute Gasteiger partial charge is 0.268 e. The average molecular weight is 323 g/mol. The first kappa shape index (κ1) is 16.3. The number of carbonyl (C=O) groups is 2. The van der Waals surface area contributed by atoms with Crippen molar-refractivity contribution in [1.82, 2.24) is 4.90 Å². The van der Waals surface area contributed by atoms with Gasteiger partial charge in [0.1, 0.15) is 0 Å². The molecule has 2 amide bonds. The van der Waals surface area contributed by atoms with Crippen molar-refractivity contribution in [3.05, 3.63) is 27.3 Å². The topological polar surface area (TPSA) is 37.4 Å². The second-order valence-electron chi connectivity index (χ2n) is 5.32. The molecule has 0 aliphatic carbocycles. The molecule has 0 radical (unpaired) electrons. The van der Waals surface area contributed by atoms with Crippen molar-refractivity contribution in [2.24, 2.45) is 0 Å². The molecule has 0 atom stereocenters. The van der Waals surface area contributed by atoms with E-state index in [4.69, 9.17) is 0 Å². The quantitative estimate of drug-likeness (QED) is 0.558. The molecule has 0 fully saturated rings. The van der Waals surface area contributed by atoms with Gasteiger partial charge in [0, 0.05) is 16.7 Å². The lowest BCUT2D eigenvalue weighted by Gasteiger charge is -2.14. The van der Waals surface area contributed by atoms with Crippen LogP contribution < -0.4 is 0 Å². The first-order valence-electron chi connectivity index (χ1n) is 7.37. The lowest BCUT2D eigenvalue weighted by Crippen LogP contribution is -2.32. The van der Waals surface area contributed by atoms with E-state index in [9.17, 15) is 9.59 Å². The van der Waals surface area contributed by atoms with Crippen molar-refractivity contribution in [1.29, 1.82) is 0 Å². The molecular weight excluding hydrogens is 302 g/mol. The van der Waals surface area contributed by atoms with E-state index in [1.165, 1.54) is 28.0 Å². The van der Waals surface area contributed by atoms with Crippen molar-refractivity contribution in [3.8, 4) is 0 Å². The standard InChI is InChI=1S/C16H21NO2S2/c1-4-5-6-9-17-15(18)13(12-8-7-10-20-12)14(16(17)19)21-11(2)3/h7-8,10-11H,4-6,9H2,1-3H3. The number of hydrogen-bond acceptors (Lipinski definition) is 4. The summed E-state index contributed by atoms with van der Waals surface area (Å²) in [6, 6.07) is 3.84. The Balaban J connectivity index is 2.28. The largest absolute Gasteiger partial charge is 0.274 e. The predicted molar refractivity (Wildman–Crippen MR) is 90.2 cm³/mol. The maximum atomic E-state index is 12.6. The molecule has 2 rings (SSSR count). The van der Waals surface area contributed by atoms with E-state index < -0.39 is 0 Å². The average Bonchev–Trinajstić information content (AvgIpc) is 3.01. The van der Waals surface area contributed by atoms with Crippen LogP contribution in [0, 0.1) is 0 Å². The molecule has 114 valence electrons. The van der Waals surface area contributed by atoms with Crippen LogP contribution in [0.2, 0.25) is 0 Å². The van der Waals surface area contributed by atoms with Gasteiger partial charge in [-0.15, -0.1) is 23.1 Å². The van der Waals surface area contributed by atoms with Gasteiger partial charge in [-0.2, -0.15) is 0 Å². The Bertz CT molecular complexity index is 547. The van der Waals surface area contributed by atoms with Crippen LogP contribution in [0.25, 0.3) is 5.57 Å². The molecule has 5 heteroatoms. The minimum absolute atomic E-state index is 0.113. The maximum absolute atomic E-state index is 12.6. The molecule has 1 aliphatic rings. The fraction of sp³-hybridized carbons (Fsp3) is 0.500. The van der Waals surface area contributed by atoms with Gasteiger partial charge in [0.05, 0.1) is 10.5 Å². The van der Waals surface area contributed by atoms with Crippen LogP contribution >= 0.6 is 23.1 Å². The third kappa shape index (κ3) is 3.58. The molecule has 1 aromatic rings. The summed E-state index contributed by atoms with van der Waals surface area (Å²) in [4.78, 5) is 28.2. The summed E-state index contributed by atoms with van der Waals surface area (Å²) in [5.41, 5.74) is 0.602. The predicted octanol–water partition coefficient (Wildman–Crippen LogP) is 4.16. The zero-order valence-electron chi connectivity index (χ0n) is 12.7. The monoisotopic (exact) mass is 323 g/mol. The molecule has 1 aliphatic heterocycles. The second-order valence-corrected chi connectivity index (χ2v) is 7.85. The molecule has 21 heavy (non-hydrogen) atoms. The molecule has 0 spiro atoms. The Labute approximate surface area is 134 Å². The van der Waals surface area contributed by atoms with Crippen molar-refractivity contribution >= 4 is 40.5 Å². The van der Waals surface area contributed by atoms with E-state index in [1.54, 1.807) is 0 Å². The Morgan fingerprint density at radius 1 is 1.24 bits per heavy atom. The van der Waals surface area contributed by atoms with Crippen molar-refractivity contribution < 1.29 is 9.59 Å². The van der Waals surface area contributed by atoms with Gasteiger partial charge in [0.2, 0.25) is 0 Å². The Kier molecular flexibility index (Phi) is 5.65. The summed E-state index contributed by atoms with van der Waals surface area (Å²) in [7, 11) is 0. The molecule has 0 unspecified atom stereocenters. The highest BCUT2D eigenvalue weighted by atomic mass is 32.2. The number of amides is 2. The Morgan fingerprint density at radius 2 is 2.00 bits per heavy atom. The van der Waals surface area contributed by atoms with Gasteiger partial charge < -0.3 is 0 Å². The van der Waals surface area contributed by atoms with Crippen molar-refractivity contribution in [3.63, 3.8) is 0 Å². The summed E-state index contributed by atoms with van der Waals surface area (Å²) in [6.45, 7) is 6.73. The SMILES string of the molecule is CCCCCN1C(=O)C(SC(C)C)=C(c2cccs2)C1=O. The molecule has 2 heterocycles. The number of imide groups is 1. The van der Waals surface area contributed by atoms with Gasteiger partial charge in [-0.1, -0.05) is 39.7 Å². The van der Waals surface area contributed by atoms with Crippen LogP contribution in [0.3, 0.4) is 0 Å². The number of rotatable bonds is 7. The zero-order chi connectivity index (χ0) is 15.4. The lowest BCUT2D eigenvalue weighted by molar-refractivity contribution is -0.136. The number of carbonyl (C=O) groups excluding carboxylic acids is 2. The summed E-state index contributed by atoms with van der Waals surface area (Å²) in [5, 5.41) is 2.22. The minimum atomic E-state index is -0.123. The fourth-order valence-corrected chi connectivity index (χ4v) is 4.09. The van der Waals surface area contributed by atoms with Crippen molar-refractivity contribution in [2.75, 3.05) is 6.54 Å². The number of nitrogens with zero attached hydrogens (tertiary/aromatic N) is 1. The first-order valence-corrected chi connectivity index (χ1v) is 9.13. The normalized spacial score (nSPS) is 15.7. The molecule has 3 nitrogen and oxygen atoms in total. The number of thioether (sulfide) groups is 1. The van der Waals surface area contributed by atoms with E-state index in [2.05, 4.69) is 6.92 Å². The fourth-order valence-electron chi connectivity index (χ4n) is 2.26. The number of unbranched alkanes of at least 4 members (excludes halogenated alkanes) is 2. The summed E-state index contributed by atoms with van der Waals surface area (Å²) < 4.78 is 0. The van der Waals surface area contributed by atoms with Gasteiger partial charge in [0.25, 0.3) is 11.8 Å². The zero-order valence-corrected chi connectivity index (χ0v) is 14.4. The van der Waals surface area contributed by atoms with E-state index in [1.807, 2.05) is 31.4 Å². The molecule has 0 aromatic carbocycles. The molecule has 0 bridgehead atoms. The molecular formula is C16H21NO2S2. The molecule has 0 N–H and O–H groups in total. The molecule has 1 aromatic heterocycles. The molecule has 0 saturated heterocycles. The van der Waals surface area contributed by atoms with E-state index in [0.717, 1.165) is 24.1 Å². The van der Waals surface area contributed by atoms with Gasteiger partial charge in [-0.3, -0.25) is 14.5 Å². The summed E-state index contributed by atoms with van der Waals surface area (Å²) >= 11 is 3.01. The van der Waals surface area contributed by atoms with E-state index >= 15 is 0 Å². The van der Waals surface area contributed by atoms with Gasteiger partial charge in [-0.25, -0.2) is 0 Å². The number of hydrogen-bond donors (Lipinski definition) is 0. The van der Waals surface area contributed by atoms with Gasteiger partial charge in [-0.05, 0) is 17.9 Å². The highest BCUT2D eigenvalue weighted by Crippen LogP contribution is 2.39. The minimum Gasteiger partial charge on any atom is -0.274 e. The Morgan fingerprint density at radius 3 is 2.57 bits per heavy atom. The highest BCUT2D eigenvalue weighted by molar-refractivity contribution is 8.04. The van der Waals surface area contributed by atoms with Crippen LogP contribution in [-0.2, 0) is 9.59 Å². The van der Waals surface area contributed by atoms with Crippen LogP contribution in [-0.4, -0.2) is 28.5 Å². The van der Waals surface area contributed by atoms with Crippen LogP contribution in [0.5, 0.6) is 0 Å². The maximum Gasteiger partial charge on any atom is 0.268 e. The van der Waals surface area contributed by atoms with Crippen LogP contribution in [0.4, 0.5) is 0 Å². The van der Waals surface area contributed by atoms with Crippen molar-refractivity contribution in [2.45, 2.75) is 45.3 Å². The third-order valence-corrected chi connectivity index (χ3v) is 5.21. The third-order valence-electron chi connectivity index (χ3n) is 3.23. The summed E-state index contributed by atoms with van der Waals surface area (Å²) in [6.07, 6.45) is 3.00. The number of thiophene rings is 1. The van der Waals surface area contributed by atoms with E-state index in [0.29, 0.717) is 17.0 Å². The highest BCUT2D eigenvalue weighted by Gasteiger charge is 2.39. The molecule has 0 saturated carbocycles. The second kappa shape index (κ2) is 7.27. The van der Waals surface area contributed by atoms with Gasteiger partial charge >= 0.3 is 0 Å². The Hall–Kier alpha value is -1.07. The van der Waals surface area contributed by atoms with Crippen LogP contribution in [0.15, 0.2) is 22.4 Å². The van der Waals surface area contributed by atoms with E-state index in [-0.39, 0.29) is 17.1 Å². The van der Waals surface area contributed by atoms with Gasteiger partial charge in [0.15, 0.2) is 0 Å². The first-order chi connectivity index (χ1) is 10.1. The lowest BCUT2D eigenvalue weighted by atomic mass is 10.2. The summed E-state index contributed by atoms with van der Waals surface area (Å²) in [5.74, 6) is -0.236.